The second-order valence-electron chi connectivity index (χ2n) is 3.92. The third-order valence-electron chi connectivity index (χ3n) is 3.02. The van der Waals surface area contributed by atoms with Gasteiger partial charge in [-0.05, 0) is 18.1 Å². The summed E-state index contributed by atoms with van der Waals surface area (Å²) in [7, 11) is 0. The Morgan fingerprint density at radius 1 is 1.28 bits per heavy atom. The van der Waals surface area contributed by atoms with Crippen molar-refractivity contribution in [2.45, 2.75) is 18.8 Å². The van der Waals surface area contributed by atoms with Crippen molar-refractivity contribution in [1.29, 1.82) is 0 Å². The minimum absolute atomic E-state index is 0.379. The van der Waals surface area contributed by atoms with Crippen LogP contribution in [-0.4, -0.2) is 11.8 Å². The number of carbonyl (C=O) groups excluding carboxylic acids is 2. The lowest BCUT2D eigenvalue weighted by Crippen LogP contribution is -2.44. The van der Waals surface area contributed by atoms with Gasteiger partial charge in [0, 0.05) is 0 Å². The summed E-state index contributed by atoms with van der Waals surface area (Å²) in [5.41, 5.74) is -0.0724. The lowest BCUT2D eigenvalue weighted by molar-refractivity contribution is -0.130. The van der Waals surface area contributed by atoms with E-state index in [9.17, 15) is 9.59 Å². The fraction of sp³-hybridized carbons (Fsp3) is 0.200. The standard InChI is InChI=1S/C15H17NO2/c1-4-13(17)16-14(18)15(5-2,6-3)12-10-8-7-9-11-12/h4-5,7-11H,1-2,6H2,3H3,(H,16,17,18)/t15-/m1/s1. The molecule has 1 atom stereocenters. The molecule has 0 aliphatic rings. The first-order chi connectivity index (χ1) is 8.60. The fourth-order valence-corrected chi connectivity index (χ4v) is 1.86. The largest absolute Gasteiger partial charge is 0.292 e. The first kappa shape index (κ1) is 13.9. The highest BCUT2D eigenvalue weighted by molar-refractivity contribution is 6.05. The van der Waals surface area contributed by atoms with Crippen LogP contribution in [0.25, 0.3) is 0 Å². The highest BCUT2D eigenvalue weighted by Crippen LogP contribution is 2.29. The van der Waals surface area contributed by atoms with Gasteiger partial charge in [-0.1, -0.05) is 49.9 Å². The molecule has 0 heterocycles. The SMILES string of the molecule is C=CC(=O)NC(=O)[C@](C=C)(CC)c1ccccc1. The van der Waals surface area contributed by atoms with Crippen LogP contribution in [0.3, 0.4) is 0 Å². The van der Waals surface area contributed by atoms with Gasteiger partial charge in [-0.2, -0.15) is 0 Å². The highest BCUT2D eigenvalue weighted by atomic mass is 16.2. The first-order valence-corrected chi connectivity index (χ1v) is 5.77. The molecular weight excluding hydrogens is 226 g/mol. The van der Waals surface area contributed by atoms with Crippen LogP contribution in [0.5, 0.6) is 0 Å². The van der Waals surface area contributed by atoms with E-state index in [1.165, 1.54) is 0 Å². The summed E-state index contributed by atoms with van der Waals surface area (Å²) in [6.45, 7) is 8.95. The van der Waals surface area contributed by atoms with Crippen molar-refractivity contribution in [3.8, 4) is 0 Å². The summed E-state index contributed by atoms with van der Waals surface area (Å²) in [6.07, 6.45) is 3.18. The summed E-state index contributed by atoms with van der Waals surface area (Å²) in [5, 5.41) is 2.30. The molecule has 0 unspecified atom stereocenters. The molecule has 1 rings (SSSR count). The Bertz CT molecular complexity index is 465. The van der Waals surface area contributed by atoms with Crippen LogP contribution in [0, 0.1) is 0 Å². The van der Waals surface area contributed by atoms with Gasteiger partial charge >= 0.3 is 0 Å². The minimum atomic E-state index is -0.889. The van der Waals surface area contributed by atoms with Crippen molar-refractivity contribution in [2.75, 3.05) is 0 Å². The zero-order chi connectivity index (χ0) is 13.6. The predicted molar refractivity (Wildman–Crippen MR) is 72.0 cm³/mol. The van der Waals surface area contributed by atoms with Crippen molar-refractivity contribution < 1.29 is 9.59 Å². The Morgan fingerprint density at radius 3 is 2.33 bits per heavy atom. The van der Waals surface area contributed by atoms with Crippen LogP contribution in [0.1, 0.15) is 18.9 Å². The molecule has 0 saturated heterocycles. The number of rotatable bonds is 5. The Morgan fingerprint density at radius 2 is 1.89 bits per heavy atom. The third kappa shape index (κ3) is 2.56. The number of amides is 2. The van der Waals surface area contributed by atoms with E-state index in [0.717, 1.165) is 11.6 Å². The number of hydrogen-bond donors (Lipinski definition) is 1. The maximum absolute atomic E-state index is 12.2. The van der Waals surface area contributed by atoms with Gasteiger partial charge in [0.2, 0.25) is 11.8 Å². The zero-order valence-electron chi connectivity index (χ0n) is 10.5. The molecular formula is C15H17NO2. The van der Waals surface area contributed by atoms with E-state index in [1.54, 1.807) is 6.08 Å². The first-order valence-electron chi connectivity index (χ1n) is 5.77. The second-order valence-corrected chi connectivity index (χ2v) is 3.92. The van der Waals surface area contributed by atoms with Gasteiger partial charge in [0.15, 0.2) is 0 Å². The molecule has 0 aliphatic heterocycles. The molecule has 0 radical (unpaired) electrons. The van der Waals surface area contributed by atoms with Crippen LogP contribution in [0.4, 0.5) is 0 Å². The summed E-state index contributed by atoms with van der Waals surface area (Å²) in [5.74, 6) is -0.883. The number of nitrogens with one attached hydrogen (secondary N) is 1. The molecule has 1 aromatic rings. The Labute approximate surface area is 107 Å². The molecule has 0 fully saturated rings. The van der Waals surface area contributed by atoms with Crippen molar-refractivity contribution in [2.24, 2.45) is 0 Å². The second kappa shape index (κ2) is 5.96. The van der Waals surface area contributed by atoms with Gasteiger partial charge in [0.1, 0.15) is 0 Å². The number of carbonyl (C=O) groups is 2. The quantitative estimate of drug-likeness (QED) is 0.637. The molecule has 18 heavy (non-hydrogen) atoms. The molecule has 0 aliphatic carbocycles. The molecule has 1 aromatic carbocycles. The van der Waals surface area contributed by atoms with E-state index < -0.39 is 11.3 Å². The molecule has 0 spiro atoms. The highest BCUT2D eigenvalue weighted by Gasteiger charge is 2.35. The predicted octanol–water partition coefficient (Wildman–Crippen LogP) is 2.35. The molecule has 0 bridgehead atoms. The monoisotopic (exact) mass is 243 g/mol. The average molecular weight is 243 g/mol. The van der Waals surface area contributed by atoms with Gasteiger partial charge in [0.25, 0.3) is 0 Å². The van der Waals surface area contributed by atoms with Crippen molar-refractivity contribution in [3.63, 3.8) is 0 Å². The molecule has 3 heteroatoms. The van der Waals surface area contributed by atoms with E-state index >= 15 is 0 Å². The molecule has 2 amide bonds. The maximum atomic E-state index is 12.2. The zero-order valence-corrected chi connectivity index (χ0v) is 10.5. The van der Waals surface area contributed by atoms with Crippen molar-refractivity contribution >= 4 is 11.8 Å². The minimum Gasteiger partial charge on any atom is -0.292 e. The van der Waals surface area contributed by atoms with Crippen LogP contribution >= 0.6 is 0 Å². The summed E-state index contributed by atoms with van der Waals surface area (Å²) in [4.78, 5) is 23.5. The average Bonchev–Trinajstić information content (AvgIpc) is 2.42. The topological polar surface area (TPSA) is 46.2 Å². The van der Waals surface area contributed by atoms with Crippen LogP contribution in [0.15, 0.2) is 55.6 Å². The van der Waals surface area contributed by atoms with E-state index in [2.05, 4.69) is 18.5 Å². The van der Waals surface area contributed by atoms with Crippen LogP contribution < -0.4 is 5.32 Å². The lowest BCUT2D eigenvalue weighted by atomic mass is 9.77. The molecule has 3 nitrogen and oxygen atoms in total. The van der Waals surface area contributed by atoms with E-state index in [-0.39, 0.29) is 5.91 Å². The number of hydrogen-bond acceptors (Lipinski definition) is 2. The smallest absolute Gasteiger partial charge is 0.249 e. The summed E-state index contributed by atoms with van der Waals surface area (Å²) >= 11 is 0. The van der Waals surface area contributed by atoms with Crippen molar-refractivity contribution in [1.82, 2.24) is 5.32 Å². The number of benzene rings is 1. The van der Waals surface area contributed by atoms with E-state index in [1.807, 2.05) is 37.3 Å². The molecule has 0 saturated carbocycles. The van der Waals surface area contributed by atoms with Gasteiger partial charge in [0.05, 0.1) is 5.41 Å². The Kier molecular flexibility index (Phi) is 4.60. The van der Waals surface area contributed by atoms with Gasteiger partial charge < -0.3 is 0 Å². The molecule has 1 N–H and O–H groups in total. The molecule has 0 aromatic heterocycles. The van der Waals surface area contributed by atoms with E-state index in [0.29, 0.717) is 6.42 Å². The maximum Gasteiger partial charge on any atom is 0.249 e. The van der Waals surface area contributed by atoms with Gasteiger partial charge in [-0.25, -0.2) is 0 Å². The van der Waals surface area contributed by atoms with Gasteiger partial charge in [-0.15, -0.1) is 6.58 Å². The lowest BCUT2D eigenvalue weighted by Gasteiger charge is -2.27. The fourth-order valence-electron chi connectivity index (χ4n) is 1.86. The summed E-state index contributed by atoms with van der Waals surface area (Å²) in [6, 6.07) is 9.28. The molecule has 94 valence electrons. The Balaban J connectivity index is 3.15. The Hall–Kier alpha value is -2.16. The van der Waals surface area contributed by atoms with Crippen LogP contribution in [0.2, 0.25) is 0 Å². The van der Waals surface area contributed by atoms with E-state index in [4.69, 9.17) is 0 Å². The third-order valence-corrected chi connectivity index (χ3v) is 3.02. The van der Waals surface area contributed by atoms with Crippen LogP contribution in [-0.2, 0) is 15.0 Å². The number of imide groups is 1. The normalized spacial score (nSPS) is 13.2. The van der Waals surface area contributed by atoms with Crippen molar-refractivity contribution in [3.05, 3.63) is 61.2 Å². The summed E-state index contributed by atoms with van der Waals surface area (Å²) < 4.78 is 0. The van der Waals surface area contributed by atoms with Gasteiger partial charge in [-0.3, -0.25) is 14.9 Å².